The summed E-state index contributed by atoms with van der Waals surface area (Å²) in [5.74, 6) is 1.82. The molecule has 2 fully saturated rings. The van der Waals surface area contributed by atoms with Crippen molar-refractivity contribution in [2.75, 3.05) is 6.54 Å². The van der Waals surface area contributed by atoms with Gasteiger partial charge in [0.15, 0.2) is 0 Å². The van der Waals surface area contributed by atoms with Gasteiger partial charge in [0, 0.05) is 6.04 Å². The molecule has 1 saturated carbocycles. The van der Waals surface area contributed by atoms with Crippen molar-refractivity contribution >= 4 is 0 Å². The molecule has 0 radical (unpaired) electrons. The van der Waals surface area contributed by atoms with Crippen LogP contribution in [0.5, 0.6) is 0 Å². The van der Waals surface area contributed by atoms with Crippen molar-refractivity contribution in [3.05, 3.63) is 0 Å². The topological polar surface area (TPSA) is 21.3 Å². The molecule has 2 aliphatic rings. The van der Waals surface area contributed by atoms with Gasteiger partial charge in [-0.15, -0.1) is 0 Å². The maximum absolute atomic E-state index is 6.09. The smallest absolute Gasteiger partial charge is 0.0787 e. The molecular weight excluding hydrogens is 198 g/mol. The Bertz CT molecular complexity index is 255. The molecule has 94 valence electrons. The van der Waals surface area contributed by atoms with E-state index in [1.54, 1.807) is 0 Å². The number of ether oxygens (including phenoxy) is 1. The fourth-order valence-electron chi connectivity index (χ4n) is 3.04. The predicted octanol–water partition coefficient (Wildman–Crippen LogP) is 2.97. The summed E-state index contributed by atoms with van der Waals surface area (Å²) in [5, 5.41) is 3.72. The molecule has 0 amide bonds. The van der Waals surface area contributed by atoms with E-state index < -0.39 is 0 Å². The highest BCUT2D eigenvalue weighted by molar-refractivity contribution is 4.99. The molecule has 2 heteroatoms. The molecule has 1 aliphatic carbocycles. The van der Waals surface area contributed by atoms with E-state index in [4.69, 9.17) is 4.74 Å². The molecule has 1 N–H and O–H groups in total. The highest BCUT2D eigenvalue weighted by Crippen LogP contribution is 2.39. The van der Waals surface area contributed by atoms with E-state index in [1.807, 2.05) is 0 Å². The first kappa shape index (κ1) is 12.4. The third kappa shape index (κ3) is 2.78. The monoisotopic (exact) mass is 225 g/mol. The fraction of sp³-hybridized carbons (Fsp3) is 1.00. The largest absolute Gasteiger partial charge is 0.368 e. The molecule has 0 aromatic heterocycles. The molecule has 2 atom stereocenters. The quantitative estimate of drug-likeness (QED) is 0.794. The zero-order chi connectivity index (χ0) is 12.0. The van der Waals surface area contributed by atoms with Gasteiger partial charge in [0.1, 0.15) is 0 Å². The lowest BCUT2D eigenvalue weighted by Gasteiger charge is -2.28. The second-order valence-corrected chi connectivity index (χ2v) is 6.94. The SMILES string of the molecule is CC(CNC1CC(C)(C)OC1(C)C)C1CC1. The summed E-state index contributed by atoms with van der Waals surface area (Å²) in [5.41, 5.74) is 0.0107. The van der Waals surface area contributed by atoms with Crippen molar-refractivity contribution in [1.82, 2.24) is 5.32 Å². The minimum atomic E-state index is -0.0211. The molecule has 1 aliphatic heterocycles. The van der Waals surface area contributed by atoms with Crippen molar-refractivity contribution in [3.63, 3.8) is 0 Å². The standard InChI is InChI=1S/C14H27NO/c1-10(11-6-7-11)9-15-12-8-13(2,3)16-14(12,4)5/h10-12,15H,6-9H2,1-5H3. The average Bonchev–Trinajstić information content (AvgIpc) is 2.89. The van der Waals surface area contributed by atoms with Crippen molar-refractivity contribution in [2.45, 2.75) is 71.1 Å². The van der Waals surface area contributed by atoms with Crippen LogP contribution in [0.25, 0.3) is 0 Å². The van der Waals surface area contributed by atoms with Gasteiger partial charge in [-0.25, -0.2) is 0 Å². The summed E-state index contributed by atoms with van der Waals surface area (Å²) in [6.45, 7) is 12.3. The molecule has 2 rings (SSSR count). The third-order valence-corrected chi connectivity index (χ3v) is 4.19. The summed E-state index contributed by atoms with van der Waals surface area (Å²) < 4.78 is 6.09. The Labute approximate surface area is 100 Å². The molecule has 0 spiro atoms. The van der Waals surface area contributed by atoms with Crippen LogP contribution in [0.4, 0.5) is 0 Å². The zero-order valence-corrected chi connectivity index (χ0v) is 11.5. The first-order chi connectivity index (χ1) is 7.30. The molecule has 0 aromatic rings. The lowest BCUT2D eigenvalue weighted by atomic mass is 9.93. The second kappa shape index (κ2) is 3.99. The zero-order valence-electron chi connectivity index (χ0n) is 11.5. The van der Waals surface area contributed by atoms with E-state index in [9.17, 15) is 0 Å². The van der Waals surface area contributed by atoms with E-state index in [0.29, 0.717) is 6.04 Å². The van der Waals surface area contributed by atoms with Crippen molar-refractivity contribution in [1.29, 1.82) is 0 Å². The summed E-state index contributed by atoms with van der Waals surface area (Å²) in [7, 11) is 0. The van der Waals surface area contributed by atoms with Crippen LogP contribution in [0.3, 0.4) is 0 Å². The average molecular weight is 225 g/mol. The number of nitrogens with one attached hydrogen (secondary N) is 1. The molecule has 1 heterocycles. The lowest BCUT2D eigenvalue weighted by molar-refractivity contribution is -0.0699. The van der Waals surface area contributed by atoms with Crippen LogP contribution in [-0.2, 0) is 4.74 Å². The Balaban J connectivity index is 1.84. The van der Waals surface area contributed by atoms with Crippen LogP contribution in [0.2, 0.25) is 0 Å². The molecule has 16 heavy (non-hydrogen) atoms. The molecule has 2 unspecified atom stereocenters. The molecule has 0 bridgehead atoms. The molecule has 1 saturated heterocycles. The van der Waals surface area contributed by atoms with Crippen LogP contribution in [0.1, 0.15) is 53.9 Å². The summed E-state index contributed by atoms with van der Waals surface area (Å²) in [4.78, 5) is 0. The van der Waals surface area contributed by atoms with Gasteiger partial charge in [0.2, 0.25) is 0 Å². The normalized spacial score (nSPS) is 33.9. The highest BCUT2D eigenvalue weighted by atomic mass is 16.5. The Hall–Kier alpha value is -0.0800. The van der Waals surface area contributed by atoms with Crippen LogP contribution >= 0.6 is 0 Å². The van der Waals surface area contributed by atoms with Gasteiger partial charge in [0.05, 0.1) is 11.2 Å². The Morgan fingerprint density at radius 1 is 1.25 bits per heavy atom. The summed E-state index contributed by atoms with van der Waals surface area (Å²) in [6, 6.07) is 0.503. The van der Waals surface area contributed by atoms with E-state index in [0.717, 1.165) is 24.8 Å². The van der Waals surface area contributed by atoms with Gasteiger partial charge in [0.25, 0.3) is 0 Å². The van der Waals surface area contributed by atoms with Gasteiger partial charge in [-0.05, 0) is 65.3 Å². The van der Waals surface area contributed by atoms with Crippen LogP contribution in [0, 0.1) is 11.8 Å². The van der Waals surface area contributed by atoms with E-state index in [2.05, 4.69) is 39.9 Å². The van der Waals surface area contributed by atoms with Crippen LogP contribution < -0.4 is 5.32 Å². The molecular formula is C14H27NO. The minimum absolute atomic E-state index is 0.0211. The number of hydrogen-bond donors (Lipinski definition) is 1. The number of rotatable bonds is 4. The third-order valence-electron chi connectivity index (χ3n) is 4.19. The van der Waals surface area contributed by atoms with Gasteiger partial charge in [-0.2, -0.15) is 0 Å². The minimum Gasteiger partial charge on any atom is -0.368 e. The Morgan fingerprint density at radius 3 is 2.31 bits per heavy atom. The van der Waals surface area contributed by atoms with Crippen molar-refractivity contribution in [2.24, 2.45) is 11.8 Å². The summed E-state index contributed by atoms with van der Waals surface area (Å²) >= 11 is 0. The lowest BCUT2D eigenvalue weighted by Crippen LogP contribution is -2.45. The van der Waals surface area contributed by atoms with Crippen molar-refractivity contribution in [3.8, 4) is 0 Å². The van der Waals surface area contributed by atoms with Gasteiger partial charge in [-0.1, -0.05) is 6.92 Å². The van der Waals surface area contributed by atoms with Gasteiger partial charge < -0.3 is 10.1 Å². The predicted molar refractivity (Wildman–Crippen MR) is 67.5 cm³/mol. The van der Waals surface area contributed by atoms with Crippen LogP contribution in [0.15, 0.2) is 0 Å². The van der Waals surface area contributed by atoms with E-state index >= 15 is 0 Å². The molecule has 2 nitrogen and oxygen atoms in total. The molecule has 0 aromatic carbocycles. The number of hydrogen-bond acceptors (Lipinski definition) is 2. The second-order valence-electron chi connectivity index (χ2n) is 6.94. The van der Waals surface area contributed by atoms with Crippen LogP contribution in [-0.4, -0.2) is 23.8 Å². The fourth-order valence-corrected chi connectivity index (χ4v) is 3.04. The van der Waals surface area contributed by atoms with E-state index in [1.165, 1.54) is 12.8 Å². The van der Waals surface area contributed by atoms with Crippen molar-refractivity contribution < 1.29 is 4.74 Å². The first-order valence-corrected chi connectivity index (χ1v) is 6.74. The Kier molecular flexibility index (Phi) is 3.09. The summed E-state index contributed by atoms with van der Waals surface area (Å²) in [6.07, 6.45) is 4.01. The Morgan fingerprint density at radius 2 is 1.88 bits per heavy atom. The van der Waals surface area contributed by atoms with Gasteiger partial charge in [-0.3, -0.25) is 0 Å². The first-order valence-electron chi connectivity index (χ1n) is 6.74. The van der Waals surface area contributed by atoms with E-state index in [-0.39, 0.29) is 11.2 Å². The highest BCUT2D eigenvalue weighted by Gasteiger charge is 2.45. The maximum Gasteiger partial charge on any atom is 0.0787 e. The maximum atomic E-state index is 6.09. The van der Waals surface area contributed by atoms with Gasteiger partial charge >= 0.3 is 0 Å².